The van der Waals surface area contributed by atoms with E-state index in [1.54, 1.807) is 20.4 Å². The number of aryl methyl sites for hydroxylation is 1. The maximum Gasteiger partial charge on any atom is 0.324 e. The van der Waals surface area contributed by atoms with Gasteiger partial charge in [0.15, 0.2) is 0 Å². The van der Waals surface area contributed by atoms with Crippen LogP contribution in [0.4, 0.5) is 0 Å². The number of nitrogens with one attached hydrogen (secondary N) is 2. The van der Waals surface area contributed by atoms with Crippen LogP contribution >= 0.6 is 51.8 Å². The summed E-state index contributed by atoms with van der Waals surface area (Å²) in [6.07, 6.45) is 4.22. The predicted molar refractivity (Wildman–Crippen MR) is 245 cm³/mol. The fourth-order valence-electron chi connectivity index (χ4n) is 8.31. The zero-order valence-electron chi connectivity index (χ0n) is 34.8. The molecule has 0 radical (unpaired) electrons. The molecule has 17 heteroatoms. The molecule has 0 spiro atoms. The first-order valence-electron chi connectivity index (χ1n) is 19.7. The highest BCUT2D eigenvalue weighted by atomic mass is 32.1. The zero-order valence-corrected chi connectivity index (χ0v) is 38.6. The van der Waals surface area contributed by atoms with Crippen LogP contribution in [0.3, 0.4) is 0 Å². The summed E-state index contributed by atoms with van der Waals surface area (Å²) in [5.74, 6) is -0.991. The van der Waals surface area contributed by atoms with Gasteiger partial charge in [0.1, 0.15) is 12.1 Å². The predicted octanol–water partition coefficient (Wildman–Crippen LogP) is 5.98. The number of benzene rings is 1. The quantitative estimate of drug-likeness (QED) is 0.203. The Balaban J connectivity index is 0.00000256. The average molecular weight is 889 g/mol. The number of thiazole rings is 1. The molecule has 2 N–H and O–H groups in total. The molecule has 3 aliphatic rings. The number of hydrazine groups is 1. The van der Waals surface area contributed by atoms with Crippen molar-refractivity contribution in [3.8, 4) is 22.5 Å². The number of hydrogen-bond donors (Lipinski definition) is 2. The first-order chi connectivity index (χ1) is 27.0. The lowest BCUT2D eigenvalue weighted by atomic mass is 9.84. The molecule has 1 aromatic carbocycles. The van der Waals surface area contributed by atoms with Gasteiger partial charge >= 0.3 is 5.97 Å². The molecule has 2 amide bonds. The maximum atomic E-state index is 14.2. The van der Waals surface area contributed by atoms with Crippen LogP contribution in [0, 0.1) is 11.3 Å². The van der Waals surface area contributed by atoms with Crippen LogP contribution in [-0.2, 0) is 52.7 Å². The molecule has 2 fully saturated rings. The van der Waals surface area contributed by atoms with Crippen molar-refractivity contribution in [2.75, 3.05) is 40.6 Å². The molecule has 6 bridgehead atoms. The molecule has 0 aliphatic carbocycles. The molecule has 5 atom stereocenters. The van der Waals surface area contributed by atoms with Gasteiger partial charge in [-0.1, -0.05) is 19.9 Å². The van der Waals surface area contributed by atoms with E-state index in [4.69, 9.17) is 28.9 Å². The highest BCUT2D eigenvalue weighted by molar-refractivity contribution is 7.59. The van der Waals surface area contributed by atoms with Crippen LogP contribution in [0.15, 0.2) is 41.9 Å². The number of aromatic nitrogens is 3. The Morgan fingerprint density at radius 3 is 2.69 bits per heavy atom. The number of esters is 1. The van der Waals surface area contributed by atoms with Gasteiger partial charge in [0.25, 0.3) is 5.91 Å². The number of amides is 2. The number of carbonyl (C=O) groups excluding carboxylic acids is 3. The van der Waals surface area contributed by atoms with Crippen LogP contribution in [0.25, 0.3) is 33.4 Å². The van der Waals surface area contributed by atoms with E-state index in [1.807, 2.05) is 18.4 Å². The summed E-state index contributed by atoms with van der Waals surface area (Å²) in [7, 11) is 3.32. The highest BCUT2D eigenvalue weighted by Gasteiger charge is 2.36. The van der Waals surface area contributed by atoms with E-state index in [2.05, 4.69) is 60.3 Å². The standard InChI is InChI=1S/C42H54N6O7S.3H2S/c1-7-47-34-13-12-26-18-29(34)30(39(47)28-10-8-15-43-38(28)25(2)52-5)21-42(3,4)24-55-41(51)31-11-9-16-48(46-31)40(50)32(20-37-45-33(26)23-56-37)44-36(49)19-27-14-17-54-22-35(27)53-6;;;/h8,10,12-13,15,18,23,25,27,31-32,35,46H,7,9,11,14,16-17,19-22,24H2,1-6H3,(H,44,49);3*1H2/t25-,27?,31-,32-,35?;;;/m0.../s1. The number of fused-ring (bicyclic) bond motifs is 6. The van der Waals surface area contributed by atoms with Crippen molar-refractivity contribution < 1.29 is 33.3 Å². The van der Waals surface area contributed by atoms with Crippen molar-refractivity contribution >= 4 is 80.5 Å². The molecule has 2 unspecified atom stereocenters. The summed E-state index contributed by atoms with van der Waals surface area (Å²) in [5.41, 5.74) is 9.57. The van der Waals surface area contributed by atoms with Crippen LogP contribution in [0.1, 0.15) is 75.7 Å². The van der Waals surface area contributed by atoms with Crippen molar-refractivity contribution in [3.63, 3.8) is 0 Å². The van der Waals surface area contributed by atoms with Gasteiger partial charge in [-0.2, -0.15) is 40.5 Å². The Kier molecular flexibility index (Phi) is 17.3. The first kappa shape index (κ1) is 48.5. The van der Waals surface area contributed by atoms with E-state index in [1.165, 1.54) is 16.3 Å². The second kappa shape index (κ2) is 21.1. The summed E-state index contributed by atoms with van der Waals surface area (Å²) < 4.78 is 25.4. The maximum absolute atomic E-state index is 14.2. The fourth-order valence-corrected chi connectivity index (χ4v) is 9.16. The number of nitrogens with zero attached hydrogens (tertiary/aromatic N) is 4. The van der Waals surface area contributed by atoms with E-state index in [0.29, 0.717) is 45.4 Å². The van der Waals surface area contributed by atoms with Crippen LogP contribution in [-0.4, -0.2) is 96.1 Å². The lowest BCUT2D eigenvalue weighted by Crippen LogP contribution is -2.60. The minimum absolute atomic E-state index is 0. The molecule has 6 heterocycles. The lowest BCUT2D eigenvalue weighted by molar-refractivity contribution is -0.155. The number of hydrogen-bond acceptors (Lipinski definition) is 11. The van der Waals surface area contributed by atoms with E-state index >= 15 is 0 Å². The van der Waals surface area contributed by atoms with Gasteiger partial charge in [0, 0.05) is 85.8 Å². The molecule has 3 aromatic heterocycles. The minimum atomic E-state index is -0.902. The Labute approximate surface area is 372 Å². The van der Waals surface area contributed by atoms with E-state index < -0.39 is 23.5 Å². The van der Waals surface area contributed by atoms with Crippen molar-refractivity contribution in [1.82, 2.24) is 30.3 Å². The van der Waals surface area contributed by atoms with Crippen molar-refractivity contribution in [1.29, 1.82) is 0 Å². The number of cyclic esters (lactones) is 1. The van der Waals surface area contributed by atoms with Crippen molar-refractivity contribution in [3.05, 3.63) is 58.2 Å². The molecule has 7 rings (SSSR count). The lowest BCUT2D eigenvalue weighted by Gasteiger charge is -2.35. The number of rotatable bonds is 8. The third-order valence-electron chi connectivity index (χ3n) is 11.4. The van der Waals surface area contributed by atoms with Gasteiger partial charge in [-0.15, -0.1) is 11.3 Å². The van der Waals surface area contributed by atoms with Crippen LogP contribution in [0.5, 0.6) is 0 Å². The topological polar surface area (TPSA) is 146 Å². The van der Waals surface area contributed by atoms with Gasteiger partial charge < -0.3 is 28.8 Å². The van der Waals surface area contributed by atoms with Gasteiger partial charge in [-0.3, -0.25) is 24.4 Å². The van der Waals surface area contributed by atoms with Gasteiger partial charge in [-0.05, 0) is 75.3 Å². The van der Waals surface area contributed by atoms with E-state index in [9.17, 15) is 14.4 Å². The Morgan fingerprint density at radius 1 is 1.15 bits per heavy atom. The molecule has 59 heavy (non-hydrogen) atoms. The van der Waals surface area contributed by atoms with Crippen molar-refractivity contribution in [2.24, 2.45) is 11.3 Å². The normalized spacial score (nSPS) is 22.5. The number of pyridine rings is 1. The van der Waals surface area contributed by atoms with E-state index in [0.717, 1.165) is 56.2 Å². The summed E-state index contributed by atoms with van der Waals surface area (Å²) >= 11 is 1.46. The Bertz CT molecular complexity index is 2080. The second-order valence-corrected chi connectivity index (χ2v) is 16.9. The molecular weight excluding hydrogens is 829 g/mol. The smallest absolute Gasteiger partial charge is 0.324 e. The largest absolute Gasteiger partial charge is 0.464 e. The summed E-state index contributed by atoms with van der Waals surface area (Å²) in [6.45, 7) is 10.7. The van der Waals surface area contributed by atoms with Crippen LogP contribution < -0.4 is 10.7 Å². The third kappa shape index (κ3) is 10.7. The molecule has 4 aromatic rings. The summed E-state index contributed by atoms with van der Waals surface area (Å²) in [4.78, 5) is 51.4. The molecule has 3 aliphatic heterocycles. The molecule has 324 valence electrons. The number of carbonyl (C=O) groups is 3. The van der Waals surface area contributed by atoms with E-state index in [-0.39, 0.29) is 89.9 Å². The first-order valence-corrected chi connectivity index (χ1v) is 20.6. The van der Waals surface area contributed by atoms with Crippen molar-refractivity contribution in [2.45, 2.75) is 97.1 Å². The van der Waals surface area contributed by atoms with Gasteiger partial charge in [0.05, 0.1) is 47.5 Å². The average Bonchev–Trinajstić information content (AvgIpc) is 3.80. The molecular formula is C42H60N6O7S4. The minimum Gasteiger partial charge on any atom is -0.464 e. The fraction of sp³-hybridized carbons (Fsp3) is 0.548. The summed E-state index contributed by atoms with van der Waals surface area (Å²) in [5, 5.41) is 8.33. The highest BCUT2D eigenvalue weighted by Crippen LogP contribution is 2.42. The Morgan fingerprint density at radius 2 is 1.95 bits per heavy atom. The summed E-state index contributed by atoms with van der Waals surface area (Å²) in [6, 6.07) is 8.91. The monoisotopic (exact) mass is 888 g/mol. The zero-order chi connectivity index (χ0) is 39.6. The molecule has 2 saturated heterocycles. The number of ether oxygens (including phenoxy) is 4. The van der Waals surface area contributed by atoms with Crippen LogP contribution in [0.2, 0.25) is 0 Å². The Hall–Kier alpha value is -3.16. The van der Waals surface area contributed by atoms with Gasteiger partial charge in [0.2, 0.25) is 5.91 Å². The SMILES string of the molecule is CCn1c(-c2cccnc2[C@H](C)OC)c2c3cc(ccc31)-c1csc(n1)C[C@H](NC(=O)CC1CCOCC1OC)C(=O)N1CCC[C@H](N1)C(=O)OCC(C)(C)C2.S.S.S. The second-order valence-electron chi connectivity index (χ2n) is 15.9. The van der Waals surface area contributed by atoms with Gasteiger partial charge in [-0.25, -0.2) is 10.4 Å². The molecule has 13 nitrogen and oxygen atoms in total. The molecule has 0 saturated carbocycles. The number of methoxy groups -OCH3 is 2. The third-order valence-corrected chi connectivity index (χ3v) is 12.2.